The van der Waals surface area contributed by atoms with Crippen molar-refractivity contribution in [3.05, 3.63) is 66.1 Å². The Bertz CT molecular complexity index is 1090. The van der Waals surface area contributed by atoms with Crippen LogP contribution < -0.4 is 4.90 Å². The average molecular weight is 375 g/mol. The number of unbranched alkanes of at least 4 members (excludes halogenated alkanes) is 1. The summed E-state index contributed by atoms with van der Waals surface area (Å²) in [4.78, 5) is 19.9. The Morgan fingerprint density at radius 2 is 1.96 bits per heavy atom. The summed E-state index contributed by atoms with van der Waals surface area (Å²) in [6.07, 6.45) is 3.47. The number of furan rings is 1. The molecule has 0 spiro atoms. The van der Waals surface area contributed by atoms with E-state index in [0.717, 1.165) is 18.5 Å². The summed E-state index contributed by atoms with van der Waals surface area (Å²) >= 11 is 0. The van der Waals surface area contributed by atoms with E-state index in [1.165, 1.54) is 0 Å². The molecule has 0 unspecified atom stereocenters. The van der Waals surface area contributed by atoms with Crippen LogP contribution in [0.3, 0.4) is 0 Å². The number of pyridine rings is 1. The third-order valence-electron chi connectivity index (χ3n) is 4.67. The van der Waals surface area contributed by atoms with E-state index in [2.05, 4.69) is 17.1 Å². The molecule has 0 aliphatic heterocycles. The van der Waals surface area contributed by atoms with Crippen LogP contribution in [0, 0.1) is 6.92 Å². The predicted octanol–water partition coefficient (Wildman–Crippen LogP) is 5.24. The van der Waals surface area contributed by atoms with Crippen molar-refractivity contribution in [1.29, 1.82) is 0 Å². The Balaban J connectivity index is 1.85. The number of fused-ring (bicyclic) bond motifs is 1. The second kappa shape index (κ2) is 7.68. The van der Waals surface area contributed by atoms with Gasteiger partial charge in [-0.15, -0.1) is 0 Å². The van der Waals surface area contributed by atoms with E-state index in [-0.39, 0.29) is 5.91 Å². The molecule has 1 aromatic carbocycles. The summed E-state index contributed by atoms with van der Waals surface area (Å²) < 4.78 is 10.8. The summed E-state index contributed by atoms with van der Waals surface area (Å²) in [6.45, 7) is 4.55. The fraction of sp³-hybridized carbons (Fsp3) is 0.227. The van der Waals surface area contributed by atoms with Gasteiger partial charge in [0, 0.05) is 12.2 Å². The zero-order valence-electron chi connectivity index (χ0n) is 15.9. The first kappa shape index (κ1) is 18.0. The molecule has 1 amide bonds. The van der Waals surface area contributed by atoms with Crippen LogP contribution in [-0.4, -0.2) is 22.6 Å². The van der Waals surface area contributed by atoms with Gasteiger partial charge in [-0.25, -0.2) is 4.98 Å². The minimum absolute atomic E-state index is 0.105. The van der Waals surface area contributed by atoms with Crippen LogP contribution in [0.2, 0.25) is 0 Å². The van der Waals surface area contributed by atoms with Crippen LogP contribution in [0.15, 0.2) is 63.7 Å². The van der Waals surface area contributed by atoms with Crippen molar-refractivity contribution >= 4 is 22.7 Å². The summed E-state index contributed by atoms with van der Waals surface area (Å²) in [5, 5.41) is 4.65. The number of amides is 1. The normalized spacial score (nSPS) is 11.1. The summed E-state index contributed by atoms with van der Waals surface area (Å²) in [5.41, 5.74) is 2.88. The molecule has 3 aromatic heterocycles. The second-order valence-electron chi connectivity index (χ2n) is 6.63. The number of aryl methyl sites for hydroxylation is 1. The third-order valence-corrected chi connectivity index (χ3v) is 4.67. The largest absolute Gasteiger partial charge is 0.463 e. The van der Waals surface area contributed by atoms with Gasteiger partial charge in [-0.2, -0.15) is 0 Å². The molecule has 6 heteroatoms. The van der Waals surface area contributed by atoms with Gasteiger partial charge in [0.15, 0.2) is 5.76 Å². The number of carbonyl (C=O) groups is 1. The van der Waals surface area contributed by atoms with Crippen molar-refractivity contribution < 1.29 is 13.7 Å². The molecule has 0 atom stereocenters. The molecule has 0 aliphatic rings. The van der Waals surface area contributed by atoms with Crippen LogP contribution >= 0.6 is 0 Å². The van der Waals surface area contributed by atoms with Crippen LogP contribution in [0.5, 0.6) is 0 Å². The van der Waals surface area contributed by atoms with Crippen molar-refractivity contribution in [2.24, 2.45) is 0 Å². The minimum atomic E-state index is -0.105. The van der Waals surface area contributed by atoms with Crippen LogP contribution in [0.4, 0.5) is 5.69 Å². The minimum Gasteiger partial charge on any atom is -0.463 e. The zero-order chi connectivity index (χ0) is 19.5. The van der Waals surface area contributed by atoms with Crippen LogP contribution in [0.1, 0.15) is 35.8 Å². The van der Waals surface area contributed by atoms with Gasteiger partial charge >= 0.3 is 0 Å². The van der Waals surface area contributed by atoms with Gasteiger partial charge in [-0.1, -0.05) is 36.7 Å². The SMILES string of the molecule is CCCCN(C(=O)c1cc(-c2ccco2)nc2onc(C)c12)c1ccccc1. The number of carbonyl (C=O) groups excluding carboxylic acids is 1. The number of aromatic nitrogens is 2. The number of hydrogen-bond acceptors (Lipinski definition) is 5. The average Bonchev–Trinajstić information content (AvgIpc) is 3.39. The molecule has 0 bridgehead atoms. The van der Waals surface area contributed by atoms with Gasteiger partial charge in [0.25, 0.3) is 11.6 Å². The van der Waals surface area contributed by atoms with Crippen LogP contribution in [-0.2, 0) is 0 Å². The Kier molecular flexibility index (Phi) is 4.93. The highest BCUT2D eigenvalue weighted by Crippen LogP contribution is 2.29. The Hall–Kier alpha value is -3.41. The van der Waals surface area contributed by atoms with Gasteiger partial charge in [-0.05, 0) is 43.7 Å². The van der Waals surface area contributed by atoms with Gasteiger partial charge in [0.05, 0.1) is 22.9 Å². The van der Waals surface area contributed by atoms with Gasteiger partial charge < -0.3 is 13.8 Å². The maximum atomic E-state index is 13.6. The summed E-state index contributed by atoms with van der Waals surface area (Å²) in [6, 6.07) is 15.0. The Labute approximate surface area is 162 Å². The van der Waals surface area contributed by atoms with E-state index in [9.17, 15) is 4.79 Å². The molecule has 4 aromatic rings. The van der Waals surface area contributed by atoms with Gasteiger partial charge in [-0.3, -0.25) is 4.79 Å². The van der Waals surface area contributed by atoms with E-state index in [1.807, 2.05) is 37.3 Å². The maximum Gasteiger partial charge on any atom is 0.259 e. The number of nitrogens with zero attached hydrogens (tertiary/aromatic N) is 3. The van der Waals surface area contributed by atoms with Crippen molar-refractivity contribution in [1.82, 2.24) is 10.1 Å². The lowest BCUT2D eigenvalue weighted by atomic mass is 10.1. The van der Waals surface area contributed by atoms with E-state index in [0.29, 0.717) is 40.4 Å². The first-order chi connectivity index (χ1) is 13.7. The lowest BCUT2D eigenvalue weighted by Gasteiger charge is -2.23. The first-order valence-electron chi connectivity index (χ1n) is 9.37. The lowest BCUT2D eigenvalue weighted by molar-refractivity contribution is 0.0988. The molecule has 0 aliphatic carbocycles. The molecule has 28 heavy (non-hydrogen) atoms. The van der Waals surface area contributed by atoms with Crippen molar-refractivity contribution in [2.75, 3.05) is 11.4 Å². The van der Waals surface area contributed by atoms with Gasteiger partial charge in [0.1, 0.15) is 5.69 Å². The lowest BCUT2D eigenvalue weighted by Crippen LogP contribution is -2.32. The van der Waals surface area contributed by atoms with Crippen LogP contribution in [0.25, 0.3) is 22.6 Å². The monoisotopic (exact) mass is 375 g/mol. The first-order valence-corrected chi connectivity index (χ1v) is 9.37. The predicted molar refractivity (Wildman–Crippen MR) is 107 cm³/mol. The van der Waals surface area contributed by atoms with Gasteiger partial charge in [0.2, 0.25) is 0 Å². The molecule has 0 fully saturated rings. The maximum absolute atomic E-state index is 13.6. The molecular weight excluding hydrogens is 354 g/mol. The van der Waals surface area contributed by atoms with Crippen molar-refractivity contribution in [2.45, 2.75) is 26.7 Å². The highest BCUT2D eigenvalue weighted by atomic mass is 16.5. The number of rotatable bonds is 6. The number of hydrogen-bond donors (Lipinski definition) is 0. The molecule has 0 saturated heterocycles. The van der Waals surface area contributed by atoms with E-state index in [4.69, 9.17) is 8.94 Å². The fourth-order valence-electron chi connectivity index (χ4n) is 3.23. The Morgan fingerprint density at radius 3 is 2.68 bits per heavy atom. The van der Waals surface area contributed by atoms with E-state index < -0.39 is 0 Å². The smallest absolute Gasteiger partial charge is 0.259 e. The number of para-hydroxylation sites is 1. The summed E-state index contributed by atoms with van der Waals surface area (Å²) in [7, 11) is 0. The highest BCUT2D eigenvalue weighted by Gasteiger charge is 2.24. The summed E-state index contributed by atoms with van der Waals surface area (Å²) in [5.74, 6) is 0.468. The Morgan fingerprint density at radius 1 is 1.14 bits per heavy atom. The van der Waals surface area contributed by atoms with E-state index in [1.54, 1.807) is 29.4 Å². The molecule has 0 saturated carbocycles. The standard InChI is InChI=1S/C22H21N3O3/c1-3-4-12-25(16-9-6-5-7-10-16)22(26)17-14-18(19-11-8-13-27-19)23-21-20(17)15(2)24-28-21/h5-11,13-14H,3-4,12H2,1-2H3. The second-order valence-corrected chi connectivity index (χ2v) is 6.63. The highest BCUT2D eigenvalue weighted by molar-refractivity contribution is 6.14. The molecule has 4 rings (SSSR count). The quantitative estimate of drug-likeness (QED) is 0.461. The van der Waals surface area contributed by atoms with E-state index >= 15 is 0 Å². The molecule has 6 nitrogen and oxygen atoms in total. The molecular formula is C22H21N3O3. The number of benzene rings is 1. The topological polar surface area (TPSA) is 72.4 Å². The fourth-order valence-corrected chi connectivity index (χ4v) is 3.23. The number of anilines is 1. The zero-order valence-corrected chi connectivity index (χ0v) is 15.9. The molecule has 142 valence electrons. The molecule has 3 heterocycles. The molecule has 0 radical (unpaired) electrons. The van der Waals surface area contributed by atoms with Crippen molar-refractivity contribution in [3.8, 4) is 11.5 Å². The third kappa shape index (κ3) is 3.29. The molecule has 0 N–H and O–H groups in total. The van der Waals surface area contributed by atoms with Crippen molar-refractivity contribution in [3.63, 3.8) is 0 Å².